The number of aromatic nitrogens is 1. The van der Waals surface area contributed by atoms with Crippen LogP contribution in [0.2, 0.25) is 0 Å². The lowest BCUT2D eigenvalue weighted by atomic mass is 10.1. The Kier molecular flexibility index (Phi) is 6.12. The Bertz CT molecular complexity index is 313. The number of nitrogens with zero attached hydrogens (tertiary/aromatic N) is 1. The predicted molar refractivity (Wildman–Crippen MR) is 70.4 cm³/mol. The van der Waals surface area contributed by atoms with Crippen molar-refractivity contribution in [3.05, 3.63) is 30.1 Å². The van der Waals surface area contributed by atoms with Gasteiger partial charge in [-0.1, -0.05) is 6.07 Å². The van der Waals surface area contributed by atoms with Gasteiger partial charge in [0.15, 0.2) is 0 Å². The minimum Gasteiger partial charge on any atom is -0.377 e. The highest BCUT2D eigenvalue weighted by atomic mass is 16.5. The molecule has 0 amide bonds. The van der Waals surface area contributed by atoms with E-state index in [1.165, 1.54) is 12.8 Å². The number of ether oxygens (including phenoxy) is 2. The Labute approximate surface area is 109 Å². The third kappa shape index (κ3) is 5.12. The second-order valence-corrected chi connectivity index (χ2v) is 4.56. The second-order valence-electron chi connectivity index (χ2n) is 4.56. The van der Waals surface area contributed by atoms with Crippen molar-refractivity contribution in [1.82, 2.24) is 10.3 Å². The number of rotatable bonds is 7. The normalized spacial score (nSPS) is 19.9. The topological polar surface area (TPSA) is 43.4 Å². The summed E-state index contributed by atoms with van der Waals surface area (Å²) in [6, 6.07) is 5.95. The molecule has 1 aromatic heterocycles. The van der Waals surface area contributed by atoms with Crippen LogP contribution in [-0.2, 0) is 16.0 Å². The number of pyridine rings is 1. The lowest BCUT2D eigenvalue weighted by Gasteiger charge is -2.22. The molecule has 0 aliphatic carbocycles. The summed E-state index contributed by atoms with van der Waals surface area (Å²) in [4.78, 5) is 4.25. The molecule has 1 saturated heterocycles. The molecule has 1 atom stereocenters. The monoisotopic (exact) mass is 250 g/mol. The van der Waals surface area contributed by atoms with E-state index >= 15 is 0 Å². The van der Waals surface area contributed by atoms with E-state index in [1.807, 2.05) is 24.4 Å². The van der Waals surface area contributed by atoms with E-state index in [9.17, 15) is 0 Å². The average molecular weight is 250 g/mol. The average Bonchev–Trinajstić information content (AvgIpc) is 2.45. The molecule has 0 bridgehead atoms. The zero-order valence-corrected chi connectivity index (χ0v) is 10.8. The lowest BCUT2D eigenvalue weighted by Crippen LogP contribution is -2.27. The summed E-state index contributed by atoms with van der Waals surface area (Å²) in [5, 5.41) is 3.31. The van der Waals surface area contributed by atoms with E-state index in [2.05, 4.69) is 10.3 Å². The van der Waals surface area contributed by atoms with E-state index < -0.39 is 0 Å². The van der Waals surface area contributed by atoms with Crippen LogP contribution in [0.4, 0.5) is 0 Å². The van der Waals surface area contributed by atoms with Gasteiger partial charge in [0.1, 0.15) is 0 Å². The van der Waals surface area contributed by atoms with Gasteiger partial charge < -0.3 is 14.8 Å². The van der Waals surface area contributed by atoms with E-state index in [0.29, 0.717) is 6.10 Å². The first-order chi connectivity index (χ1) is 8.95. The standard InChI is InChI=1S/C14H22N2O2/c1-3-7-16-13(5-1)11-15-8-10-17-12-14-6-2-4-9-18-14/h1,3,5,7,14-15H,2,4,6,8-12H2. The van der Waals surface area contributed by atoms with Gasteiger partial charge in [-0.25, -0.2) is 0 Å². The van der Waals surface area contributed by atoms with Crippen molar-refractivity contribution in [3.8, 4) is 0 Å². The Morgan fingerprint density at radius 3 is 3.17 bits per heavy atom. The first kappa shape index (κ1) is 13.5. The van der Waals surface area contributed by atoms with Crippen LogP contribution in [0, 0.1) is 0 Å². The molecule has 0 saturated carbocycles. The zero-order valence-electron chi connectivity index (χ0n) is 10.8. The van der Waals surface area contributed by atoms with Crippen LogP contribution in [0.25, 0.3) is 0 Å². The molecule has 4 nitrogen and oxygen atoms in total. The summed E-state index contributed by atoms with van der Waals surface area (Å²) in [5.41, 5.74) is 1.06. The molecule has 0 radical (unpaired) electrons. The Morgan fingerprint density at radius 2 is 2.39 bits per heavy atom. The molecule has 0 aromatic carbocycles. The van der Waals surface area contributed by atoms with Gasteiger partial charge in [0, 0.05) is 25.9 Å². The third-order valence-electron chi connectivity index (χ3n) is 3.03. The second kappa shape index (κ2) is 8.19. The minimum atomic E-state index is 0.314. The third-order valence-corrected chi connectivity index (χ3v) is 3.03. The molecule has 1 aromatic rings. The highest BCUT2D eigenvalue weighted by molar-refractivity contribution is 5.02. The van der Waals surface area contributed by atoms with Crippen LogP contribution < -0.4 is 5.32 Å². The largest absolute Gasteiger partial charge is 0.377 e. The Morgan fingerprint density at radius 1 is 1.39 bits per heavy atom. The van der Waals surface area contributed by atoms with Crippen molar-refractivity contribution in [3.63, 3.8) is 0 Å². The molecule has 18 heavy (non-hydrogen) atoms. The van der Waals surface area contributed by atoms with Gasteiger partial charge >= 0.3 is 0 Å². The fourth-order valence-electron chi connectivity index (χ4n) is 2.02. The van der Waals surface area contributed by atoms with Gasteiger partial charge in [-0.3, -0.25) is 4.98 Å². The maximum atomic E-state index is 5.60. The van der Waals surface area contributed by atoms with E-state index in [-0.39, 0.29) is 0 Å². The van der Waals surface area contributed by atoms with Gasteiger partial charge in [0.05, 0.1) is 25.0 Å². The quantitative estimate of drug-likeness (QED) is 0.749. The van der Waals surface area contributed by atoms with E-state index in [4.69, 9.17) is 9.47 Å². The van der Waals surface area contributed by atoms with Gasteiger partial charge in [0.25, 0.3) is 0 Å². The van der Waals surface area contributed by atoms with Crippen molar-refractivity contribution in [2.45, 2.75) is 31.9 Å². The molecule has 1 unspecified atom stereocenters. The van der Waals surface area contributed by atoms with Crippen molar-refractivity contribution < 1.29 is 9.47 Å². The summed E-state index contributed by atoms with van der Waals surface area (Å²) in [6.07, 6.45) is 5.73. The Hall–Kier alpha value is -0.970. The fourth-order valence-corrected chi connectivity index (χ4v) is 2.02. The van der Waals surface area contributed by atoms with Gasteiger partial charge in [-0.15, -0.1) is 0 Å². The molecule has 1 fully saturated rings. The molecule has 2 rings (SSSR count). The van der Waals surface area contributed by atoms with Crippen LogP contribution in [0.5, 0.6) is 0 Å². The summed E-state index contributed by atoms with van der Waals surface area (Å²) < 4.78 is 11.2. The van der Waals surface area contributed by atoms with E-state index in [1.54, 1.807) is 0 Å². The van der Waals surface area contributed by atoms with Crippen LogP contribution in [0.3, 0.4) is 0 Å². The van der Waals surface area contributed by atoms with Gasteiger partial charge in [-0.05, 0) is 31.4 Å². The van der Waals surface area contributed by atoms with Gasteiger partial charge in [0.2, 0.25) is 0 Å². The number of hydrogen-bond donors (Lipinski definition) is 1. The summed E-state index contributed by atoms with van der Waals surface area (Å²) in [6.45, 7) is 4.00. The van der Waals surface area contributed by atoms with Crippen molar-refractivity contribution >= 4 is 0 Å². The molecule has 1 aliphatic rings. The van der Waals surface area contributed by atoms with Crippen LogP contribution in [0.15, 0.2) is 24.4 Å². The lowest BCUT2D eigenvalue weighted by molar-refractivity contribution is -0.0399. The highest BCUT2D eigenvalue weighted by Crippen LogP contribution is 2.12. The van der Waals surface area contributed by atoms with Crippen LogP contribution in [-0.4, -0.2) is 37.5 Å². The maximum Gasteiger partial charge on any atom is 0.0808 e. The van der Waals surface area contributed by atoms with Crippen molar-refractivity contribution in [2.75, 3.05) is 26.4 Å². The summed E-state index contributed by atoms with van der Waals surface area (Å²) in [5.74, 6) is 0. The predicted octanol–water partition coefficient (Wildman–Crippen LogP) is 1.76. The van der Waals surface area contributed by atoms with Crippen LogP contribution >= 0.6 is 0 Å². The fraction of sp³-hybridized carbons (Fsp3) is 0.643. The maximum absolute atomic E-state index is 5.60. The molecule has 100 valence electrons. The summed E-state index contributed by atoms with van der Waals surface area (Å²) >= 11 is 0. The molecule has 1 N–H and O–H groups in total. The molecular weight excluding hydrogens is 228 g/mol. The van der Waals surface area contributed by atoms with Crippen LogP contribution in [0.1, 0.15) is 25.0 Å². The van der Waals surface area contributed by atoms with Gasteiger partial charge in [-0.2, -0.15) is 0 Å². The molecule has 0 spiro atoms. The number of hydrogen-bond acceptors (Lipinski definition) is 4. The summed E-state index contributed by atoms with van der Waals surface area (Å²) in [7, 11) is 0. The smallest absolute Gasteiger partial charge is 0.0808 e. The molecule has 1 aliphatic heterocycles. The zero-order chi connectivity index (χ0) is 12.5. The first-order valence-electron chi connectivity index (χ1n) is 6.75. The Balaban J connectivity index is 1.46. The van der Waals surface area contributed by atoms with Crippen molar-refractivity contribution in [2.24, 2.45) is 0 Å². The molecule has 2 heterocycles. The molecule has 4 heteroatoms. The molecular formula is C14H22N2O2. The van der Waals surface area contributed by atoms with Crippen molar-refractivity contribution in [1.29, 1.82) is 0 Å². The van der Waals surface area contributed by atoms with E-state index in [0.717, 1.165) is 45.0 Å². The first-order valence-corrected chi connectivity index (χ1v) is 6.75. The number of nitrogens with one attached hydrogen (secondary N) is 1. The SMILES string of the molecule is c1ccc(CNCCOCC2CCCCO2)nc1. The highest BCUT2D eigenvalue weighted by Gasteiger charge is 2.13. The minimum absolute atomic E-state index is 0.314.